The number of carbonyl (C=O) groups excluding carboxylic acids is 1. The highest BCUT2D eigenvalue weighted by molar-refractivity contribution is 6.31. The molecule has 1 N–H and O–H groups in total. The molecule has 4 rings (SSSR count). The third-order valence-electron chi connectivity index (χ3n) is 4.69. The van der Waals surface area contributed by atoms with Gasteiger partial charge in [0, 0.05) is 35.9 Å². The van der Waals surface area contributed by atoms with Gasteiger partial charge in [-0.3, -0.25) is 4.79 Å². The number of fused-ring (bicyclic) bond motifs is 1. The Bertz CT molecular complexity index is 945. The molecule has 2 aromatic heterocycles. The summed E-state index contributed by atoms with van der Waals surface area (Å²) in [4.78, 5) is 16.9. The molecule has 0 aliphatic carbocycles. The average molecular weight is 370 g/mol. The van der Waals surface area contributed by atoms with E-state index in [9.17, 15) is 4.79 Å². The summed E-state index contributed by atoms with van der Waals surface area (Å²) >= 11 is 6.28. The van der Waals surface area contributed by atoms with Crippen LogP contribution in [0.2, 0.25) is 5.02 Å². The lowest BCUT2D eigenvalue weighted by Gasteiger charge is -2.24. The second-order valence-electron chi connectivity index (χ2n) is 6.48. The van der Waals surface area contributed by atoms with Crippen molar-refractivity contribution in [3.63, 3.8) is 0 Å². The Morgan fingerprint density at radius 3 is 3.00 bits per heavy atom. The van der Waals surface area contributed by atoms with Crippen LogP contribution < -0.4 is 5.32 Å². The molecule has 0 bridgehead atoms. The summed E-state index contributed by atoms with van der Waals surface area (Å²) in [5.41, 5.74) is 1.96. The van der Waals surface area contributed by atoms with Crippen molar-refractivity contribution in [1.82, 2.24) is 19.3 Å². The number of imidazole rings is 1. The van der Waals surface area contributed by atoms with Gasteiger partial charge in [-0.05, 0) is 18.1 Å². The molecule has 1 amide bonds. The fraction of sp³-hybridized carbons (Fsp3) is 0.316. The van der Waals surface area contributed by atoms with Gasteiger partial charge in [-0.1, -0.05) is 36.7 Å². The van der Waals surface area contributed by atoms with Crippen LogP contribution >= 0.6 is 11.6 Å². The Hall–Kier alpha value is -2.60. The van der Waals surface area contributed by atoms with E-state index in [1.165, 1.54) is 0 Å². The van der Waals surface area contributed by atoms with Crippen molar-refractivity contribution in [3.05, 3.63) is 64.8 Å². The molecular formula is C19H20ClN5O. The first-order valence-electron chi connectivity index (χ1n) is 8.77. The number of anilines is 1. The summed E-state index contributed by atoms with van der Waals surface area (Å²) in [5, 5.41) is 8.17. The standard InChI is InChI=1S/C19H20ClN5O/c1-2-8-24-9-7-21-18(24)14-10-17(26)23-19-15(14)11-22-25(19)12-13-5-3-4-6-16(13)20/h3-7,9,11,14H,2,8,10,12H2,1H3,(H,23,26)/t14-/m0/s1. The molecule has 1 aliphatic heterocycles. The molecule has 3 aromatic rings. The SMILES string of the molecule is CCCn1ccnc1[C@H]1CC(=O)Nc2c1cnn2Cc1ccccc1Cl. The lowest BCUT2D eigenvalue weighted by Crippen LogP contribution is -2.26. The highest BCUT2D eigenvalue weighted by Gasteiger charge is 2.32. The number of carbonyl (C=O) groups is 1. The highest BCUT2D eigenvalue weighted by Crippen LogP contribution is 2.36. The van der Waals surface area contributed by atoms with E-state index in [4.69, 9.17) is 11.6 Å². The fourth-order valence-corrected chi connectivity index (χ4v) is 3.66. The summed E-state index contributed by atoms with van der Waals surface area (Å²) in [6.07, 6.45) is 7.00. The number of hydrogen-bond acceptors (Lipinski definition) is 3. The first-order chi connectivity index (χ1) is 12.7. The summed E-state index contributed by atoms with van der Waals surface area (Å²) in [6.45, 7) is 3.52. The Morgan fingerprint density at radius 1 is 1.35 bits per heavy atom. The van der Waals surface area contributed by atoms with Crippen molar-refractivity contribution >= 4 is 23.3 Å². The number of nitrogens with zero attached hydrogens (tertiary/aromatic N) is 4. The second-order valence-corrected chi connectivity index (χ2v) is 6.89. The minimum atomic E-state index is -0.0831. The summed E-state index contributed by atoms with van der Waals surface area (Å²) in [5.74, 6) is 1.55. The maximum atomic E-state index is 12.4. The number of benzene rings is 1. The van der Waals surface area contributed by atoms with Gasteiger partial charge in [-0.25, -0.2) is 9.67 Å². The Morgan fingerprint density at radius 2 is 2.19 bits per heavy atom. The minimum Gasteiger partial charge on any atom is -0.334 e. The van der Waals surface area contributed by atoms with Crippen LogP contribution in [0.5, 0.6) is 0 Å². The number of hydrogen-bond donors (Lipinski definition) is 1. The van der Waals surface area contributed by atoms with Crippen molar-refractivity contribution in [1.29, 1.82) is 0 Å². The van der Waals surface area contributed by atoms with Gasteiger partial charge in [-0.2, -0.15) is 5.10 Å². The van der Waals surface area contributed by atoms with Gasteiger partial charge >= 0.3 is 0 Å². The van der Waals surface area contributed by atoms with Gasteiger partial charge in [0.25, 0.3) is 0 Å². The monoisotopic (exact) mass is 369 g/mol. The Kier molecular flexibility index (Phi) is 4.51. The van der Waals surface area contributed by atoms with Crippen molar-refractivity contribution in [2.45, 2.75) is 38.8 Å². The van der Waals surface area contributed by atoms with Gasteiger partial charge in [0.2, 0.25) is 5.91 Å². The van der Waals surface area contributed by atoms with E-state index in [-0.39, 0.29) is 11.8 Å². The number of aryl methyl sites for hydroxylation is 1. The number of aromatic nitrogens is 4. The molecule has 0 unspecified atom stereocenters. The summed E-state index contributed by atoms with van der Waals surface area (Å²) in [7, 11) is 0. The van der Waals surface area contributed by atoms with Gasteiger partial charge < -0.3 is 9.88 Å². The average Bonchev–Trinajstić information content (AvgIpc) is 3.24. The smallest absolute Gasteiger partial charge is 0.226 e. The van der Waals surface area contributed by atoms with E-state index in [1.54, 1.807) is 10.9 Å². The molecule has 3 heterocycles. The Labute approximate surface area is 156 Å². The zero-order valence-electron chi connectivity index (χ0n) is 14.5. The number of nitrogens with one attached hydrogen (secondary N) is 1. The molecule has 134 valence electrons. The fourth-order valence-electron chi connectivity index (χ4n) is 3.47. The van der Waals surface area contributed by atoms with E-state index < -0.39 is 0 Å². The van der Waals surface area contributed by atoms with Gasteiger partial charge in [-0.15, -0.1) is 0 Å². The zero-order valence-corrected chi connectivity index (χ0v) is 15.3. The number of rotatable bonds is 5. The normalized spacial score (nSPS) is 16.4. The van der Waals surface area contributed by atoms with Crippen molar-refractivity contribution in [3.8, 4) is 0 Å². The zero-order chi connectivity index (χ0) is 18.1. The largest absolute Gasteiger partial charge is 0.334 e. The molecule has 7 heteroatoms. The molecule has 0 saturated carbocycles. The van der Waals surface area contributed by atoms with Crippen LogP contribution in [-0.2, 0) is 17.9 Å². The van der Waals surface area contributed by atoms with Crippen LogP contribution in [0, 0.1) is 0 Å². The van der Waals surface area contributed by atoms with Gasteiger partial charge in [0.15, 0.2) is 0 Å². The Balaban J connectivity index is 1.71. The molecule has 1 aromatic carbocycles. The maximum Gasteiger partial charge on any atom is 0.226 e. The van der Waals surface area contributed by atoms with Gasteiger partial charge in [0.1, 0.15) is 11.6 Å². The van der Waals surface area contributed by atoms with E-state index in [1.807, 2.05) is 36.7 Å². The highest BCUT2D eigenvalue weighted by atomic mass is 35.5. The molecule has 0 radical (unpaired) electrons. The maximum absolute atomic E-state index is 12.4. The van der Waals surface area contributed by atoms with Crippen molar-refractivity contribution in [2.75, 3.05) is 5.32 Å². The lowest BCUT2D eigenvalue weighted by atomic mass is 9.93. The summed E-state index contributed by atoms with van der Waals surface area (Å²) < 4.78 is 3.92. The van der Waals surface area contributed by atoms with Gasteiger partial charge in [0.05, 0.1) is 18.7 Å². The lowest BCUT2D eigenvalue weighted by molar-refractivity contribution is -0.116. The van der Waals surface area contributed by atoms with Crippen LogP contribution in [-0.4, -0.2) is 25.2 Å². The molecule has 0 fully saturated rings. The van der Waals surface area contributed by atoms with E-state index >= 15 is 0 Å². The van der Waals surface area contributed by atoms with Crippen LogP contribution in [0.1, 0.15) is 42.6 Å². The minimum absolute atomic E-state index is 0.0190. The number of amides is 1. The summed E-state index contributed by atoms with van der Waals surface area (Å²) in [6, 6.07) is 7.66. The van der Waals surface area contributed by atoms with Crippen LogP contribution in [0.15, 0.2) is 42.9 Å². The van der Waals surface area contributed by atoms with Crippen LogP contribution in [0.3, 0.4) is 0 Å². The first-order valence-corrected chi connectivity index (χ1v) is 9.15. The van der Waals surface area contributed by atoms with Crippen LogP contribution in [0.4, 0.5) is 5.82 Å². The van der Waals surface area contributed by atoms with E-state index in [0.717, 1.165) is 35.7 Å². The molecular weight excluding hydrogens is 350 g/mol. The second kappa shape index (κ2) is 6.96. The third kappa shape index (κ3) is 3.01. The predicted molar refractivity (Wildman–Crippen MR) is 100 cm³/mol. The molecule has 0 saturated heterocycles. The molecule has 1 aliphatic rings. The third-order valence-corrected chi connectivity index (χ3v) is 5.06. The van der Waals surface area contributed by atoms with Crippen molar-refractivity contribution < 1.29 is 4.79 Å². The molecule has 1 atom stereocenters. The molecule has 0 spiro atoms. The van der Waals surface area contributed by atoms with Crippen molar-refractivity contribution in [2.24, 2.45) is 0 Å². The van der Waals surface area contributed by atoms with E-state index in [0.29, 0.717) is 18.0 Å². The topological polar surface area (TPSA) is 64.7 Å². The number of halogens is 1. The van der Waals surface area contributed by atoms with Crippen LogP contribution in [0.25, 0.3) is 0 Å². The molecule has 26 heavy (non-hydrogen) atoms. The van der Waals surface area contributed by atoms with E-state index in [2.05, 4.69) is 26.9 Å². The molecule has 6 nitrogen and oxygen atoms in total. The predicted octanol–water partition coefficient (Wildman–Crippen LogP) is 3.67. The first kappa shape index (κ1) is 16.8. The quantitative estimate of drug-likeness (QED) is 0.746.